The molecule has 0 aliphatic heterocycles. The molecule has 0 aromatic carbocycles. The average Bonchev–Trinajstić information content (AvgIpc) is 2.33. The highest BCUT2D eigenvalue weighted by atomic mass is 35.5. The Bertz CT molecular complexity index is 546. The number of rotatable bonds is 4. The lowest BCUT2D eigenvalue weighted by Gasteiger charge is -2.08. The molecule has 2 heterocycles. The zero-order valence-electron chi connectivity index (χ0n) is 10.1. The number of hydrogen-bond donors (Lipinski definition) is 1. The second-order valence-corrected chi connectivity index (χ2v) is 4.38. The van der Waals surface area contributed by atoms with E-state index >= 15 is 0 Å². The van der Waals surface area contributed by atoms with Crippen molar-refractivity contribution in [2.24, 2.45) is 5.73 Å². The smallest absolute Gasteiger partial charge is 0.222 e. The Hall–Kier alpha value is -1.65. The average molecular weight is 264 g/mol. The second kappa shape index (κ2) is 5.80. The van der Waals surface area contributed by atoms with Gasteiger partial charge in [-0.3, -0.25) is 4.98 Å². The lowest BCUT2D eigenvalue weighted by molar-refractivity contribution is 0.456. The quantitative estimate of drug-likeness (QED) is 0.921. The van der Waals surface area contributed by atoms with Crippen LogP contribution in [-0.4, -0.2) is 16.5 Å². The lowest BCUT2D eigenvalue weighted by Crippen LogP contribution is -2.03. The second-order valence-electron chi connectivity index (χ2n) is 3.95. The largest absolute Gasteiger partial charge is 0.437 e. The van der Waals surface area contributed by atoms with Gasteiger partial charge in [-0.15, -0.1) is 0 Å². The Kier molecular flexibility index (Phi) is 4.12. The molecule has 0 unspecified atom stereocenters. The molecule has 4 nitrogen and oxygen atoms in total. The van der Waals surface area contributed by atoms with Crippen LogP contribution in [0.1, 0.15) is 11.1 Å². The van der Waals surface area contributed by atoms with E-state index in [0.29, 0.717) is 23.2 Å². The van der Waals surface area contributed by atoms with Gasteiger partial charge in [0.2, 0.25) is 5.88 Å². The van der Waals surface area contributed by atoms with Crippen molar-refractivity contribution in [3.05, 3.63) is 46.9 Å². The van der Waals surface area contributed by atoms with Crippen LogP contribution in [0.15, 0.2) is 30.7 Å². The zero-order valence-corrected chi connectivity index (χ0v) is 10.8. The summed E-state index contributed by atoms with van der Waals surface area (Å²) in [7, 11) is 0. The first kappa shape index (κ1) is 12.8. The summed E-state index contributed by atoms with van der Waals surface area (Å²) in [6.45, 7) is 2.56. The maximum Gasteiger partial charge on any atom is 0.222 e. The molecule has 0 aliphatic rings. The molecule has 0 aliphatic carbocycles. The van der Waals surface area contributed by atoms with E-state index in [-0.39, 0.29) is 0 Å². The molecule has 94 valence electrons. The number of aryl methyl sites for hydroxylation is 1. The third kappa shape index (κ3) is 3.18. The highest BCUT2D eigenvalue weighted by molar-refractivity contribution is 6.30. The Labute approximate surface area is 111 Å². The normalized spacial score (nSPS) is 10.4. The van der Waals surface area contributed by atoms with Gasteiger partial charge in [-0.25, -0.2) is 4.98 Å². The molecule has 0 atom stereocenters. The number of pyridine rings is 2. The summed E-state index contributed by atoms with van der Waals surface area (Å²) in [6.07, 6.45) is 5.74. The summed E-state index contributed by atoms with van der Waals surface area (Å²) in [5.41, 5.74) is 7.57. The Morgan fingerprint density at radius 1 is 1.28 bits per heavy atom. The van der Waals surface area contributed by atoms with E-state index in [9.17, 15) is 0 Å². The van der Waals surface area contributed by atoms with Gasteiger partial charge in [-0.1, -0.05) is 11.6 Å². The van der Waals surface area contributed by atoms with Crippen LogP contribution in [-0.2, 0) is 6.42 Å². The standard InChI is InChI=1S/C13H14ClN3O/c1-9-4-10(2-3-15)6-17-13(9)18-12-5-11(14)7-16-8-12/h4-8H,2-3,15H2,1H3. The van der Waals surface area contributed by atoms with E-state index in [1.165, 1.54) is 0 Å². The minimum atomic E-state index is 0.532. The maximum atomic E-state index is 5.84. The van der Waals surface area contributed by atoms with Crippen molar-refractivity contribution in [3.8, 4) is 11.6 Å². The van der Waals surface area contributed by atoms with Crippen molar-refractivity contribution in [2.75, 3.05) is 6.54 Å². The van der Waals surface area contributed by atoms with E-state index in [2.05, 4.69) is 9.97 Å². The van der Waals surface area contributed by atoms with Crippen LogP contribution in [0.3, 0.4) is 0 Å². The molecule has 2 N–H and O–H groups in total. The van der Waals surface area contributed by atoms with Crippen molar-refractivity contribution in [3.63, 3.8) is 0 Å². The minimum Gasteiger partial charge on any atom is -0.437 e. The van der Waals surface area contributed by atoms with Gasteiger partial charge in [0, 0.05) is 24.0 Å². The summed E-state index contributed by atoms with van der Waals surface area (Å²) in [6, 6.07) is 3.72. The Morgan fingerprint density at radius 3 is 2.78 bits per heavy atom. The van der Waals surface area contributed by atoms with E-state index < -0.39 is 0 Å². The highest BCUT2D eigenvalue weighted by Crippen LogP contribution is 2.24. The number of nitrogens with zero attached hydrogens (tertiary/aromatic N) is 2. The molecule has 5 heteroatoms. The number of aromatic nitrogens is 2. The summed E-state index contributed by atoms with van der Waals surface area (Å²) in [4.78, 5) is 8.23. The van der Waals surface area contributed by atoms with E-state index in [0.717, 1.165) is 17.5 Å². The van der Waals surface area contributed by atoms with Crippen LogP contribution >= 0.6 is 11.6 Å². The van der Waals surface area contributed by atoms with E-state index in [1.54, 1.807) is 24.7 Å². The topological polar surface area (TPSA) is 61.0 Å². The zero-order chi connectivity index (χ0) is 13.0. The molecule has 0 saturated heterocycles. The van der Waals surface area contributed by atoms with E-state index in [1.807, 2.05) is 13.0 Å². The molecule has 0 radical (unpaired) electrons. The fourth-order valence-electron chi connectivity index (χ4n) is 1.59. The monoisotopic (exact) mass is 263 g/mol. The molecule has 0 spiro atoms. The van der Waals surface area contributed by atoms with Crippen molar-refractivity contribution >= 4 is 11.6 Å². The molecule has 0 fully saturated rings. The molecule has 0 amide bonds. The number of nitrogens with two attached hydrogens (primary N) is 1. The summed E-state index contributed by atoms with van der Waals surface area (Å²) < 4.78 is 5.63. The van der Waals surface area contributed by atoms with Gasteiger partial charge in [0.1, 0.15) is 5.75 Å². The van der Waals surface area contributed by atoms with Crippen molar-refractivity contribution in [2.45, 2.75) is 13.3 Å². The van der Waals surface area contributed by atoms with Crippen LogP contribution in [0.25, 0.3) is 0 Å². The first-order valence-electron chi connectivity index (χ1n) is 5.63. The predicted octanol–water partition coefficient (Wildman–Crippen LogP) is 2.73. The van der Waals surface area contributed by atoms with Crippen LogP contribution in [0.5, 0.6) is 11.6 Å². The first-order chi connectivity index (χ1) is 8.69. The van der Waals surface area contributed by atoms with Gasteiger partial charge in [0.15, 0.2) is 0 Å². The van der Waals surface area contributed by atoms with Gasteiger partial charge in [-0.2, -0.15) is 0 Å². The summed E-state index contributed by atoms with van der Waals surface area (Å²) >= 11 is 5.84. The van der Waals surface area contributed by atoms with Crippen LogP contribution in [0.2, 0.25) is 5.02 Å². The van der Waals surface area contributed by atoms with E-state index in [4.69, 9.17) is 22.1 Å². The molecular formula is C13H14ClN3O. The molecule has 0 bridgehead atoms. The number of ether oxygens (including phenoxy) is 1. The first-order valence-corrected chi connectivity index (χ1v) is 6.01. The van der Waals surface area contributed by atoms with Gasteiger partial charge >= 0.3 is 0 Å². The Morgan fingerprint density at radius 2 is 2.11 bits per heavy atom. The summed E-state index contributed by atoms with van der Waals surface area (Å²) in [5, 5.41) is 0.532. The van der Waals surface area contributed by atoms with Crippen molar-refractivity contribution in [1.29, 1.82) is 0 Å². The molecule has 0 saturated carbocycles. The molecule has 18 heavy (non-hydrogen) atoms. The lowest BCUT2D eigenvalue weighted by atomic mass is 10.1. The van der Waals surface area contributed by atoms with Crippen LogP contribution in [0.4, 0.5) is 0 Å². The third-order valence-corrected chi connectivity index (χ3v) is 2.62. The van der Waals surface area contributed by atoms with Gasteiger partial charge < -0.3 is 10.5 Å². The van der Waals surface area contributed by atoms with Crippen LogP contribution in [0, 0.1) is 6.92 Å². The highest BCUT2D eigenvalue weighted by Gasteiger charge is 2.05. The number of halogens is 1. The fraction of sp³-hybridized carbons (Fsp3) is 0.231. The van der Waals surface area contributed by atoms with Gasteiger partial charge in [0.25, 0.3) is 0 Å². The fourth-order valence-corrected chi connectivity index (χ4v) is 1.75. The molecule has 2 aromatic heterocycles. The molecule has 2 aromatic rings. The summed E-state index contributed by atoms with van der Waals surface area (Å²) in [5.74, 6) is 1.13. The third-order valence-electron chi connectivity index (χ3n) is 2.41. The van der Waals surface area contributed by atoms with Crippen molar-refractivity contribution < 1.29 is 4.74 Å². The minimum absolute atomic E-state index is 0.532. The van der Waals surface area contributed by atoms with Gasteiger partial charge in [0.05, 0.1) is 11.2 Å². The predicted molar refractivity (Wildman–Crippen MR) is 71.1 cm³/mol. The maximum absolute atomic E-state index is 5.84. The van der Waals surface area contributed by atoms with Crippen molar-refractivity contribution in [1.82, 2.24) is 9.97 Å². The molecular weight excluding hydrogens is 250 g/mol. The Balaban J connectivity index is 2.19. The van der Waals surface area contributed by atoms with Gasteiger partial charge in [-0.05, 0) is 31.5 Å². The van der Waals surface area contributed by atoms with Crippen LogP contribution < -0.4 is 10.5 Å². The SMILES string of the molecule is Cc1cc(CCN)cnc1Oc1cncc(Cl)c1. The number of hydrogen-bond acceptors (Lipinski definition) is 4. The molecule has 2 rings (SSSR count).